The Morgan fingerprint density at radius 1 is 1.00 bits per heavy atom. The first-order valence-electron chi connectivity index (χ1n) is 6.33. The third-order valence-corrected chi connectivity index (χ3v) is 5.28. The molecule has 1 unspecified atom stereocenters. The van der Waals surface area contributed by atoms with Crippen LogP contribution in [0, 0.1) is 27.7 Å². The molecular formula is C15H21NS2. The van der Waals surface area contributed by atoms with E-state index in [1.54, 1.807) is 0 Å². The number of hydrogen-bond acceptors (Lipinski definition) is 3. The van der Waals surface area contributed by atoms with E-state index in [0.29, 0.717) is 6.04 Å². The van der Waals surface area contributed by atoms with Gasteiger partial charge in [-0.05, 0) is 57.9 Å². The minimum absolute atomic E-state index is 0.426. The van der Waals surface area contributed by atoms with E-state index in [1.807, 2.05) is 22.7 Å². The van der Waals surface area contributed by atoms with Gasteiger partial charge < -0.3 is 5.32 Å². The molecule has 3 heteroatoms. The van der Waals surface area contributed by atoms with Gasteiger partial charge in [0.25, 0.3) is 0 Å². The molecule has 2 aromatic rings. The highest BCUT2D eigenvalue weighted by atomic mass is 32.1. The maximum absolute atomic E-state index is 3.64. The molecule has 1 atom stereocenters. The van der Waals surface area contributed by atoms with Gasteiger partial charge in [0.15, 0.2) is 0 Å². The Bertz CT molecular complexity index is 537. The van der Waals surface area contributed by atoms with E-state index in [1.165, 1.54) is 30.6 Å². The monoisotopic (exact) mass is 279 g/mol. The number of rotatable bonds is 4. The summed E-state index contributed by atoms with van der Waals surface area (Å²) in [4.78, 5) is 5.68. The fraction of sp³-hybridized carbons (Fsp3) is 0.467. The maximum Gasteiger partial charge on any atom is 0.0305 e. The molecule has 0 fully saturated rings. The lowest BCUT2D eigenvalue weighted by atomic mass is 10.1. The minimum atomic E-state index is 0.426. The topological polar surface area (TPSA) is 12.0 Å². The molecule has 0 radical (unpaired) electrons. The Kier molecular flexibility index (Phi) is 4.25. The van der Waals surface area contributed by atoms with Crippen molar-refractivity contribution in [2.24, 2.45) is 0 Å². The van der Waals surface area contributed by atoms with Crippen molar-refractivity contribution in [3.05, 3.63) is 42.8 Å². The Morgan fingerprint density at radius 3 is 2.11 bits per heavy atom. The van der Waals surface area contributed by atoms with Gasteiger partial charge in [-0.1, -0.05) is 0 Å². The Balaban J connectivity index is 2.02. The molecule has 0 spiro atoms. The lowest BCUT2D eigenvalue weighted by molar-refractivity contribution is 0.573. The average Bonchev–Trinajstić information content (AvgIpc) is 2.78. The molecule has 1 N–H and O–H groups in total. The third kappa shape index (κ3) is 3.02. The number of hydrogen-bond donors (Lipinski definition) is 1. The predicted molar refractivity (Wildman–Crippen MR) is 82.8 cm³/mol. The lowest BCUT2D eigenvalue weighted by Crippen LogP contribution is -2.18. The summed E-state index contributed by atoms with van der Waals surface area (Å²) in [6.45, 7) is 12.0. The van der Waals surface area contributed by atoms with Crippen molar-refractivity contribution in [3.63, 3.8) is 0 Å². The van der Waals surface area contributed by atoms with Crippen LogP contribution in [0.5, 0.6) is 0 Å². The van der Waals surface area contributed by atoms with Crippen LogP contribution < -0.4 is 5.32 Å². The largest absolute Gasteiger partial charge is 0.306 e. The number of aryl methyl sites for hydroxylation is 4. The number of nitrogens with one attached hydrogen (secondary N) is 1. The van der Waals surface area contributed by atoms with Crippen LogP contribution in [0.2, 0.25) is 0 Å². The highest BCUT2D eigenvalue weighted by molar-refractivity contribution is 7.12. The zero-order chi connectivity index (χ0) is 13.3. The number of thiophene rings is 2. The molecule has 0 aliphatic heterocycles. The van der Waals surface area contributed by atoms with Gasteiger partial charge in [0.1, 0.15) is 0 Å². The van der Waals surface area contributed by atoms with Crippen molar-refractivity contribution >= 4 is 22.7 Å². The lowest BCUT2D eigenvalue weighted by Gasteiger charge is -2.13. The van der Waals surface area contributed by atoms with Crippen LogP contribution in [-0.2, 0) is 6.54 Å². The molecule has 0 saturated carbocycles. The molecule has 98 valence electrons. The fourth-order valence-electron chi connectivity index (χ4n) is 2.31. The van der Waals surface area contributed by atoms with Crippen LogP contribution in [0.15, 0.2) is 12.1 Å². The van der Waals surface area contributed by atoms with E-state index in [9.17, 15) is 0 Å². The maximum atomic E-state index is 3.64. The molecule has 0 aliphatic carbocycles. The summed E-state index contributed by atoms with van der Waals surface area (Å²) < 4.78 is 0. The second-order valence-corrected chi connectivity index (χ2v) is 7.83. The summed E-state index contributed by atoms with van der Waals surface area (Å²) in [7, 11) is 0. The van der Waals surface area contributed by atoms with Gasteiger partial charge in [-0.25, -0.2) is 0 Å². The predicted octanol–water partition coefficient (Wildman–Crippen LogP) is 4.89. The zero-order valence-electron chi connectivity index (χ0n) is 11.8. The fourth-order valence-corrected chi connectivity index (χ4v) is 4.28. The first kappa shape index (κ1) is 13.8. The highest BCUT2D eigenvalue weighted by Crippen LogP contribution is 2.27. The third-order valence-electron chi connectivity index (χ3n) is 3.29. The van der Waals surface area contributed by atoms with E-state index in [2.05, 4.69) is 52.1 Å². The summed E-state index contributed by atoms with van der Waals surface area (Å²) >= 11 is 3.77. The van der Waals surface area contributed by atoms with Gasteiger partial charge in [0.05, 0.1) is 0 Å². The van der Waals surface area contributed by atoms with Crippen molar-refractivity contribution in [1.82, 2.24) is 5.32 Å². The summed E-state index contributed by atoms with van der Waals surface area (Å²) in [6.07, 6.45) is 0. The van der Waals surface area contributed by atoms with Crippen molar-refractivity contribution in [2.45, 2.75) is 47.2 Å². The summed E-state index contributed by atoms with van der Waals surface area (Å²) in [6, 6.07) is 5.03. The highest BCUT2D eigenvalue weighted by Gasteiger charge is 2.11. The molecule has 18 heavy (non-hydrogen) atoms. The van der Waals surface area contributed by atoms with Crippen LogP contribution in [-0.4, -0.2) is 0 Å². The first-order valence-corrected chi connectivity index (χ1v) is 7.97. The van der Waals surface area contributed by atoms with Crippen molar-refractivity contribution in [1.29, 1.82) is 0 Å². The van der Waals surface area contributed by atoms with Crippen LogP contribution in [0.25, 0.3) is 0 Å². The smallest absolute Gasteiger partial charge is 0.0305 e. The minimum Gasteiger partial charge on any atom is -0.306 e. The average molecular weight is 279 g/mol. The molecule has 1 nitrogen and oxygen atoms in total. The van der Waals surface area contributed by atoms with Crippen LogP contribution in [0.4, 0.5) is 0 Å². The molecule has 2 aromatic heterocycles. The molecule has 0 aromatic carbocycles. The van der Waals surface area contributed by atoms with E-state index in [-0.39, 0.29) is 0 Å². The Morgan fingerprint density at radius 2 is 1.61 bits per heavy atom. The van der Waals surface area contributed by atoms with E-state index >= 15 is 0 Å². The molecule has 0 amide bonds. The zero-order valence-corrected chi connectivity index (χ0v) is 13.4. The van der Waals surface area contributed by atoms with Gasteiger partial charge in [-0.2, -0.15) is 0 Å². The molecule has 0 saturated heterocycles. The van der Waals surface area contributed by atoms with Crippen LogP contribution >= 0.6 is 22.7 Å². The van der Waals surface area contributed by atoms with Gasteiger partial charge in [0.2, 0.25) is 0 Å². The molecule has 2 heterocycles. The molecular weight excluding hydrogens is 258 g/mol. The van der Waals surface area contributed by atoms with Gasteiger partial charge in [-0.15, -0.1) is 22.7 Å². The van der Waals surface area contributed by atoms with Crippen LogP contribution in [0.1, 0.15) is 43.6 Å². The van der Waals surface area contributed by atoms with Crippen molar-refractivity contribution < 1.29 is 0 Å². The molecule has 2 rings (SSSR count). The van der Waals surface area contributed by atoms with Crippen molar-refractivity contribution in [2.75, 3.05) is 0 Å². The normalized spacial score (nSPS) is 12.9. The summed E-state index contributed by atoms with van der Waals surface area (Å²) in [5.41, 5.74) is 2.89. The SMILES string of the molecule is Cc1cc(CNC(C)c2cc(C)sc2C)c(C)s1. The van der Waals surface area contributed by atoms with Gasteiger partial charge in [0, 0.05) is 32.1 Å². The van der Waals surface area contributed by atoms with E-state index in [0.717, 1.165) is 6.54 Å². The van der Waals surface area contributed by atoms with Crippen molar-refractivity contribution in [3.8, 4) is 0 Å². The van der Waals surface area contributed by atoms with E-state index in [4.69, 9.17) is 0 Å². The Hall–Kier alpha value is -0.640. The molecule has 0 aliphatic rings. The Labute approximate surface area is 118 Å². The van der Waals surface area contributed by atoms with Gasteiger partial charge in [-0.3, -0.25) is 0 Å². The second-order valence-electron chi connectivity index (χ2n) is 4.91. The van der Waals surface area contributed by atoms with E-state index < -0.39 is 0 Å². The molecule has 0 bridgehead atoms. The summed E-state index contributed by atoms with van der Waals surface area (Å²) in [5.74, 6) is 0. The van der Waals surface area contributed by atoms with Crippen LogP contribution in [0.3, 0.4) is 0 Å². The quantitative estimate of drug-likeness (QED) is 0.840. The van der Waals surface area contributed by atoms with Gasteiger partial charge >= 0.3 is 0 Å². The first-order chi connectivity index (χ1) is 8.47. The second kappa shape index (κ2) is 5.55. The standard InChI is InChI=1S/C15H21NS2/c1-9-6-14(12(4)17-9)8-16-11(3)15-7-10(2)18-13(15)5/h6-7,11,16H,8H2,1-5H3. The summed E-state index contributed by atoms with van der Waals surface area (Å²) in [5, 5.41) is 3.64.